The van der Waals surface area contributed by atoms with Crippen molar-refractivity contribution >= 4 is 17.0 Å². The van der Waals surface area contributed by atoms with Crippen LogP contribution >= 0.6 is 0 Å². The van der Waals surface area contributed by atoms with E-state index in [1.165, 1.54) is 12.8 Å². The van der Waals surface area contributed by atoms with Crippen molar-refractivity contribution in [1.29, 1.82) is 0 Å². The molecule has 0 radical (unpaired) electrons. The van der Waals surface area contributed by atoms with E-state index in [2.05, 4.69) is 31.7 Å². The van der Waals surface area contributed by atoms with E-state index < -0.39 is 0 Å². The third-order valence-corrected chi connectivity index (χ3v) is 3.35. The van der Waals surface area contributed by atoms with Crippen LogP contribution < -0.4 is 4.90 Å². The lowest BCUT2D eigenvalue weighted by Crippen LogP contribution is -2.12. The summed E-state index contributed by atoms with van der Waals surface area (Å²) < 4.78 is 2.15. The summed E-state index contributed by atoms with van der Waals surface area (Å²) in [5.41, 5.74) is 1.80. The van der Waals surface area contributed by atoms with E-state index >= 15 is 0 Å². The summed E-state index contributed by atoms with van der Waals surface area (Å²) in [6.07, 6.45) is 11.6. The van der Waals surface area contributed by atoms with E-state index in [1.54, 1.807) is 6.33 Å². The number of imidazole rings is 1. The summed E-state index contributed by atoms with van der Waals surface area (Å²) in [4.78, 5) is 15.1. The minimum atomic E-state index is 0.383. The third-order valence-electron chi connectivity index (χ3n) is 3.35. The van der Waals surface area contributed by atoms with Gasteiger partial charge in [-0.1, -0.05) is 12.2 Å². The first-order chi connectivity index (χ1) is 8.77. The summed E-state index contributed by atoms with van der Waals surface area (Å²) in [6, 6.07) is 0.383. The van der Waals surface area contributed by atoms with Crippen LogP contribution in [0.2, 0.25) is 0 Å². The second-order valence-electron chi connectivity index (χ2n) is 4.84. The molecule has 0 bridgehead atoms. The second kappa shape index (κ2) is 4.40. The number of anilines is 1. The molecule has 5 heteroatoms. The molecule has 1 aliphatic rings. The molecule has 2 aromatic heterocycles. The predicted molar refractivity (Wildman–Crippen MR) is 71.7 cm³/mol. The Morgan fingerprint density at radius 2 is 2.17 bits per heavy atom. The Morgan fingerprint density at radius 1 is 1.28 bits per heavy atom. The second-order valence-corrected chi connectivity index (χ2v) is 4.84. The summed E-state index contributed by atoms with van der Waals surface area (Å²) in [6.45, 7) is 0. The maximum Gasteiger partial charge on any atom is 0.165 e. The lowest BCUT2D eigenvalue weighted by Gasteiger charge is -2.18. The molecule has 0 aliphatic heterocycles. The van der Waals surface area contributed by atoms with E-state index in [9.17, 15) is 0 Å². The molecule has 2 aromatic rings. The highest BCUT2D eigenvalue weighted by atomic mass is 15.2. The van der Waals surface area contributed by atoms with E-state index in [1.807, 2.05) is 25.3 Å². The quantitative estimate of drug-likeness (QED) is 0.758. The standard InChI is InChI=1S/C13H17N5/c1-17(2)12-11-13(15-8-14-12)18(9-16-11)10-6-4-3-5-7-10/h4,6,8-10H,3,5,7H2,1-2H3/t10-/m1/s1. The summed E-state index contributed by atoms with van der Waals surface area (Å²) in [5.74, 6) is 0.874. The van der Waals surface area contributed by atoms with Gasteiger partial charge in [-0.2, -0.15) is 0 Å². The van der Waals surface area contributed by atoms with Gasteiger partial charge in [0.15, 0.2) is 17.0 Å². The number of nitrogens with zero attached hydrogens (tertiary/aromatic N) is 5. The van der Waals surface area contributed by atoms with Crippen LogP contribution in [0.3, 0.4) is 0 Å². The molecule has 0 saturated carbocycles. The van der Waals surface area contributed by atoms with Gasteiger partial charge in [0.1, 0.15) is 6.33 Å². The van der Waals surface area contributed by atoms with Crippen LogP contribution in [0, 0.1) is 0 Å². The predicted octanol–water partition coefficient (Wildman–Crippen LogP) is 2.17. The van der Waals surface area contributed by atoms with Crippen molar-refractivity contribution in [3.8, 4) is 0 Å². The zero-order valence-corrected chi connectivity index (χ0v) is 10.7. The van der Waals surface area contributed by atoms with Gasteiger partial charge in [0.25, 0.3) is 0 Å². The zero-order chi connectivity index (χ0) is 12.5. The van der Waals surface area contributed by atoms with Crippen molar-refractivity contribution in [3.05, 3.63) is 24.8 Å². The fourth-order valence-corrected chi connectivity index (χ4v) is 2.44. The van der Waals surface area contributed by atoms with Gasteiger partial charge in [0.05, 0.1) is 12.4 Å². The van der Waals surface area contributed by atoms with E-state index in [-0.39, 0.29) is 0 Å². The molecule has 3 rings (SSSR count). The maximum absolute atomic E-state index is 4.48. The first-order valence-corrected chi connectivity index (χ1v) is 6.29. The smallest absolute Gasteiger partial charge is 0.165 e. The average molecular weight is 243 g/mol. The van der Waals surface area contributed by atoms with Crippen LogP contribution in [0.5, 0.6) is 0 Å². The first kappa shape index (κ1) is 11.2. The monoisotopic (exact) mass is 243 g/mol. The van der Waals surface area contributed by atoms with Crippen LogP contribution in [0.15, 0.2) is 24.8 Å². The van der Waals surface area contributed by atoms with Crippen molar-refractivity contribution < 1.29 is 0 Å². The highest BCUT2D eigenvalue weighted by Crippen LogP contribution is 2.27. The zero-order valence-electron chi connectivity index (χ0n) is 10.7. The van der Waals surface area contributed by atoms with Gasteiger partial charge < -0.3 is 9.47 Å². The Hall–Kier alpha value is -1.91. The Bertz CT molecular complexity index is 584. The Balaban J connectivity index is 2.12. The Morgan fingerprint density at radius 3 is 2.89 bits per heavy atom. The van der Waals surface area contributed by atoms with Gasteiger partial charge in [-0.3, -0.25) is 0 Å². The SMILES string of the molecule is CN(C)c1ncnc2c1ncn2[C@@H]1C=CCCC1. The fourth-order valence-electron chi connectivity index (χ4n) is 2.44. The van der Waals surface area contributed by atoms with Crippen molar-refractivity contribution in [2.45, 2.75) is 25.3 Å². The first-order valence-electron chi connectivity index (χ1n) is 6.29. The molecule has 5 nitrogen and oxygen atoms in total. The lowest BCUT2D eigenvalue weighted by atomic mass is 10.0. The van der Waals surface area contributed by atoms with E-state index in [0.29, 0.717) is 6.04 Å². The molecule has 0 spiro atoms. The molecule has 0 saturated heterocycles. The number of hydrogen-bond acceptors (Lipinski definition) is 4. The van der Waals surface area contributed by atoms with E-state index in [0.717, 1.165) is 23.4 Å². The number of hydrogen-bond donors (Lipinski definition) is 0. The molecule has 1 aliphatic carbocycles. The number of rotatable bonds is 2. The molecule has 0 fully saturated rings. The minimum absolute atomic E-state index is 0.383. The number of aromatic nitrogens is 4. The molecule has 0 N–H and O–H groups in total. The summed E-state index contributed by atoms with van der Waals surface area (Å²) in [5, 5.41) is 0. The normalized spacial score (nSPS) is 19.3. The van der Waals surface area contributed by atoms with Gasteiger partial charge in [-0.05, 0) is 19.3 Å². The van der Waals surface area contributed by atoms with Gasteiger partial charge in [-0.15, -0.1) is 0 Å². The van der Waals surface area contributed by atoms with Crippen LogP contribution in [-0.2, 0) is 0 Å². The molecule has 2 heterocycles. The molecule has 1 atom stereocenters. The van der Waals surface area contributed by atoms with Crippen molar-refractivity contribution in [2.75, 3.05) is 19.0 Å². The van der Waals surface area contributed by atoms with Gasteiger partial charge in [-0.25, -0.2) is 15.0 Å². The molecule has 0 unspecified atom stereocenters. The summed E-state index contributed by atoms with van der Waals surface area (Å²) in [7, 11) is 3.95. The van der Waals surface area contributed by atoms with Crippen LogP contribution in [-0.4, -0.2) is 33.6 Å². The topological polar surface area (TPSA) is 46.8 Å². The molecular weight excluding hydrogens is 226 g/mol. The van der Waals surface area contributed by atoms with E-state index in [4.69, 9.17) is 0 Å². The largest absolute Gasteiger partial charge is 0.361 e. The Kier molecular flexibility index (Phi) is 2.74. The number of allylic oxidation sites excluding steroid dienone is 2. The van der Waals surface area contributed by atoms with Crippen molar-refractivity contribution in [2.24, 2.45) is 0 Å². The minimum Gasteiger partial charge on any atom is -0.361 e. The maximum atomic E-state index is 4.48. The third kappa shape index (κ3) is 1.75. The number of fused-ring (bicyclic) bond motifs is 1. The average Bonchev–Trinajstić information content (AvgIpc) is 2.83. The lowest BCUT2D eigenvalue weighted by molar-refractivity contribution is 0.525. The molecular formula is C13H17N5. The molecule has 0 aromatic carbocycles. The van der Waals surface area contributed by atoms with Crippen molar-refractivity contribution in [3.63, 3.8) is 0 Å². The molecule has 18 heavy (non-hydrogen) atoms. The van der Waals surface area contributed by atoms with Crippen LogP contribution in [0.1, 0.15) is 25.3 Å². The van der Waals surface area contributed by atoms with Gasteiger partial charge >= 0.3 is 0 Å². The van der Waals surface area contributed by atoms with Gasteiger partial charge in [0.2, 0.25) is 0 Å². The van der Waals surface area contributed by atoms with Crippen molar-refractivity contribution in [1.82, 2.24) is 19.5 Å². The van der Waals surface area contributed by atoms with Gasteiger partial charge in [0, 0.05) is 14.1 Å². The van der Waals surface area contributed by atoms with Crippen LogP contribution in [0.25, 0.3) is 11.2 Å². The van der Waals surface area contributed by atoms with Crippen LogP contribution in [0.4, 0.5) is 5.82 Å². The molecule has 94 valence electrons. The summed E-state index contributed by atoms with van der Waals surface area (Å²) >= 11 is 0. The molecule has 0 amide bonds. The highest BCUT2D eigenvalue weighted by Gasteiger charge is 2.17. The Labute approximate surface area is 106 Å². The highest BCUT2D eigenvalue weighted by molar-refractivity contribution is 5.83. The fraction of sp³-hybridized carbons (Fsp3) is 0.462.